The Morgan fingerprint density at radius 2 is 2.05 bits per heavy atom. The van der Waals surface area contributed by atoms with Crippen LogP contribution in [0.15, 0.2) is 24.3 Å². The molecule has 6 heteroatoms. The molecule has 0 aromatic heterocycles. The Balaban J connectivity index is 2.40. The normalized spacial score (nSPS) is 11.5. The van der Waals surface area contributed by atoms with Gasteiger partial charge in [0.2, 0.25) is 0 Å². The second-order valence-corrected chi connectivity index (χ2v) is 3.80. The number of carbonyl (C=O) groups excluding carboxylic acids is 2. The Morgan fingerprint density at radius 1 is 1.37 bits per heavy atom. The molecule has 0 aliphatic carbocycles. The van der Waals surface area contributed by atoms with E-state index in [1.54, 1.807) is 19.1 Å². The number of ether oxygens (including phenoxy) is 2. The highest BCUT2D eigenvalue weighted by Gasteiger charge is 2.16. The van der Waals surface area contributed by atoms with Crippen molar-refractivity contribution in [3.8, 4) is 11.5 Å². The first kappa shape index (κ1) is 14.8. The van der Waals surface area contributed by atoms with Gasteiger partial charge >= 0.3 is 5.97 Å². The molecule has 0 radical (unpaired) electrons. The van der Waals surface area contributed by atoms with E-state index >= 15 is 0 Å². The molecule has 0 fully saturated rings. The molecule has 1 atom stereocenters. The van der Waals surface area contributed by atoms with E-state index in [4.69, 9.17) is 9.47 Å². The summed E-state index contributed by atoms with van der Waals surface area (Å²) in [4.78, 5) is 22.8. The van der Waals surface area contributed by atoms with E-state index in [-0.39, 0.29) is 24.7 Å². The van der Waals surface area contributed by atoms with E-state index in [1.807, 2.05) is 0 Å². The first-order valence-corrected chi connectivity index (χ1v) is 5.91. The molecule has 104 valence electrons. The van der Waals surface area contributed by atoms with Crippen molar-refractivity contribution in [2.75, 3.05) is 13.2 Å². The van der Waals surface area contributed by atoms with Crippen LogP contribution in [0.5, 0.6) is 11.5 Å². The fourth-order valence-corrected chi connectivity index (χ4v) is 1.33. The summed E-state index contributed by atoms with van der Waals surface area (Å²) in [6.45, 7) is 3.18. The van der Waals surface area contributed by atoms with Crippen LogP contribution in [0, 0.1) is 0 Å². The molecular weight excluding hydrogens is 250 g/mol. The summed E-state index contributed by atoms with van der Waals surface area (Å²) >= 11 is 0. The van der Waals surface area contributed by atoms with Gasteiger partial charge in [-0.05, 0) is 26.0 Å². The smallest absolute Gasteiger partial charge is 0.328 e. The zero-order chi connectivity index (χ0) is 14.3. The van der Waals surface area contributed by atoms with Crippen LogP contribution in [-0.2, 0) is 14.3 Å². The number of esters is 1. The molecule has 0 aliphatic rings. The van der Waals surface area contributed by atoms with Gasteiger partial charge in [-0.2, -0.15) is 0 Å². The van der Waals surface area contributed by atoms with Gasteiger partial charge in [0.25, 0.3) is 5.91 Å². The lowest BCUT2D eigenvalue weighted by molar-refractivity contribution is -0.147. The fraction of sp³-hybridized carbons (Fsp3) is 0.385. The molecule has 1 rings (SSSR count). The highest BCUT2D eigenvalue weighted by Crippen LogP contribution is 2.23. The first-order chi connectivity index (χ1) is 9.04. The average molecular weight is 267 g/mol. The molecule has 1 aromatic rings. The highest BCUT2D eigenvalue weighted by atomic mass is 16.5. The topological polar surface area (TPSA) is 84.9 Å². The maximum atomic E-state index is 11.5. The Labute approximate surface area is 111 Å². The van der Waals surface area contributed by atoms with Gasteiger partial charge in [0.05, 0.1) is 6.61 Å². The van der Waals surface area contributed by atoms with Crippen molar-refractivity contribution in [1.29, 1.82) is 0 Å². The third kappa shape index (κ3) is 4.87. The number of aromatic hydroxyl groups is 1. The number of hydrogen-bond acceptors (Lipinski definition) is 5. The number of rotatable bonds is 6. The van der Waals surface area contributed by atoms with Crippen molar-refractivity contribution in [2.45, 2.75) is 19.9 Å². The summed E-state index contributed by atoms with van der Waals surface area (Å²) < 4.78 is 9.88. The highest BCUT2D eigenvalue weighted by molar-refractivity contribution is 5.84. The minimum absolute atomic E-state index is 0.0475. The molecule has 0 bridgehead atoms. The maximum absolute atomic E-state index is 11.5. The second kappa shape index (κ2) is 7.25. The van der Waals surface area contributed by atoms with Crippen LogP contribution in [0.2, 0.25) is 0 Å². The third-order valence-electron chi connectivity index (χ3n) is 2.24. The molecule has 0 saturated carbocycles. The van der Waals surface area contributed by atoms with Gasteiger partial charge in [0.15, 0.2) is 18.1 Å². The molecular formula is C13H17NO5. The summed E-state index contributed by atoms with van der Waals surface area (Å²) in [6.07, 6.45) is 0. The Kier molecular flexibility index (Phi) is 5.66. The summed E-state index contributed by atoms with van der Waals surface area (Å²) in [7, 11) is 0. The van der Waals surface area contributed by atoms with Crippen molar-refractivity contribution < 1.29 is 24.2 Å². The number of amides is 1. The molecule has 1 unspecified atom stereocenters. The zero-order valence-electron chi connectivity index (χ0n) is 10.9. The van der Waals surface area contributed by atoms with Crippen molar-refractivity contribution >= 4 is 11.9 Å². The molecule has 0 heterocycles. The van der Waals surface area contributed by atoms with Crippen LogP contribution in [0.1, 0.15) is 13.8 Å². The SMILES string of the molecule is CCOC(=O)C(C)NC(=O)COc1ccccc1O. The van der Waals surface area contributed by atoms with E-state index in [0.29, 0.717) is 0 Å². The van der Waals surface area contributed by atoms with Crippen LogP contribution < -0.4 is 10.1 Å². The molecule has 0 spiro atoms. The average Bonchev–Trinajstić information content (AvgIpc) is 2.38. The predicted octanol–water partition coefficient (Wildman–Crippen LogP) is 0.839. The fourth-order valence-electron chi connectivity index (χ4n) is 1.33. The number of benzene rings is 1. The number of carbonyl (C=O) groups is 2. The third-order valence-corrected chi connectivity index (χ3v) is 2.24. The number of phenols is 1. The van der Waals surface area contributed by atoms with E-state index < -0.39 is 17.9 Å². The number of nitrogens with one attached hydrogen (secondary N) is 1. The van der Waals surface area contributed by atoms with Gasteiger partial charge in [-0.25, -0.2) is 4.79 Å². The summed E-state index contributed by atoms with van der Waals surface area (Å²) in [5.41, 5.74) is 0. The van der Waals surface area contributed by atoms with Gasteiger partial charge in [0.1, 0.15) is 6.04 Å². The Bertz CT molecular complexity index is 446. The standard InChI is InChI=1S/C13H17NO5/c1-3-18-13(17)9(2)14-12(16)8-19-11-7-5-4-6-10(11)15/h4-7,9,15H,3,8H2,1-2H3,(H,14,16). The van der Waals surface area contributed by atoms with E-state index in [9.17, 15) is 14.7 Å². The molecule has 6 nitrogen and oxygen atoms in total. The van der Waals surface area contributed by atoms with Crippen molar-refractivity contribution in [2.24, 2.45) is 0 Å². The molecule has 1 aromatic carbocycles. The summed E-state index contributed by atoms with van der Waals surface area (Å²) in [6, 6.07) is 5.57. The van der Waals surface area contributed by atoms with Gasteiger partial charge in [-0.1, -0.05) is 12.1 Å². The van der Waals surface area contributed by atoms with Crippen LogP contribution in [-0.4, -0.2) is 36.2 Å². The Morgan fingerprint density at radius 3 is 2.68 bits per heavy atom. The minimum atomic E-state index is -0.736. The van der Waals surface area contributed by atoms with Crippen molar-refractivity contribution in [1.82, 2.24) is 5.32 Å². The Hall–Kier alpha value is -2.24. The lowest BCUT2D eigenvalue weighted by Crippen LogP contribution is -2.41. The van der Waals surface area contributed by atoms with Gasteiger partial charge in [-0.3, -0.25) is 4.79 Å². The van der Waals surface area contributed by atoms with Crippen LogP contribution in [0.4, 0.5) is 0 Å². The number of hydrogen-bond donors (Lipinski definition) is 2. The molecule has 2 N–H and O–H groups in total. The monoisotopic (exact) mass is 267 g/mol. The summed E-state index contributed by atoms with van der Waals surface area (Å²) in [5.74, 6) is -0.808. The molecule has 1 amide bonds. The maximum Gasteiger partial charge on any atom is 0.328 e. The zero-order valence-corrected chi connectivity index (χ0v) is 10.9. The molecule has 0 saturated heterocycles. The van der Waals surface area contributed by atoms with Crippen LogP contribution in [0.3, 0.4) is 0 Å². The lowest BCUT2D eigenvalue weighted by Gasteiger charge is -2.13. The second-order valence-electron chi connectivity index (χ2n) is 3.80. The van der Waals surface area contributed by atoms with Gasteiger partial charge in [0, 0.05) is 0 Å². The number of para-hydroxylation sites is 2. The molecule has 0 aliphatic heterocycles. The number of phenolic OH excluding ortho intramolecular Hbond substituents is 1. The van der Waals surface area contributed by atoms with E-state index in [2.05, 4.69) is 5.32 Å². The molecule has 19 heavy (non-hydrogen) atoms. The van der Waals surface area contributed by atoms with Crippen LogP contribution >= 0.6 is 0 Å². The van der Waals surface area contributed by atoms with Crippen LogP contribution in [0.25, 0.3) is 0 Å². The predicted molar refractivity (Wildman–Crippen MR) is 67.8 cm³/mol. The largest absolute Gasteiger partial charge is 0.504 e. The van der Waals surface area contributed by atoms with E-state index in [0.717, 1.165) is 0 Å². The summed E-state index contributed by atoms with van der Waals surface area (Å²) in [5, 5.41) is 11.9. The first-order valence-electron chi connectivity index (χ1n) is 5.91. The minimum Gasteiger partial charge on any atom is -0.504 e. The van der Waals surface area contributed by atoms with Crippen molar-refractivity contribution in [3.63, 3.8) is 0 Å². The van der Waals surface area contributed by atoms with Gasteiger partial charge < -0.3 is 19.9 Å². The van der Waals surface area contributed by atoms with E-state index in [1.165, 1.54) is 19.1 Å². The quantitative estimate of drug-likeness (QED) is 0.746. The lowest BCUT2D eigenvalue weighted by atomic mass is 10.3. The van der Waals surface area contributed by atoms with Crippen molar-refractivity contribution in [3.05, 3.63) is 24.3 Å². The van der Waals surface area contributed by atoms with Gasteiger partial charge in [-0.15, -0.1) is 0 Å².